The molecular formula is C26H26BrClN2O4S. The molecule has 1 atom stereocenters. The minimum atomic E-state index is -4.01. The van der Waals surface area contributed by atoms with Gasteiger partial charge in [0.1, 0.15) is 5.75 Å². The molecule has 1 aliphatic rings. The van der Waals surface area contributed by atoms with Crippen LogP contribution < -0.4 is 9.64 Å². The summed E-state index contributed by atoms with van der Waals surface area (Å²) in [6.07, 6.45) is 1.18. The average Bonchev–Trinajstić information content (AvgIpc) is 3.16. The van der Waals surface area contributed by atoms with Crippen LogP contribution in [0.1, 0.15) is 18.1 Å². The Hall–Kier alpha value is -2.39. The maximum absolute atomic E-state index is 13.7. The molecule has 35 heavy (non-hydrogen) atoms. The minimum absolute atomic E-state index is 0.0166. The van der Waals surface area contributed by atoms with E-state index in [1.54, 1.807) is 4.90 Å². The van der Waals surface area contributed by atoms with Crippen LogP contribution in [0.3, 0.4) is 0 Å². The molecule has 4 rings (SSSR count). The third-order valence-corrected chi connectivity index (χ3v) is 8.72. The van der Waals surface area contributed by atoms with Gasteiger partial charge < -0.3 is 9.64 Å². The highest BCUT2D eigenvalue weighted by Crippen LogP contribution is 2.35. The van der Waals surface area contributed by atoms with Crippen LogP contribution in [0.5, 0.6) is 5.75 Å². The van der Waals surface area contributed by atoms with E-state index in [-0.39, 0.29) is 35.0 Å². The summed E-state index contributed by atoms with van der Waals surface area (Å²) in [6, 6.07) is 19.6. The van der Waals surface area contributed by atoms with Crippen LogP contribution >= 0.6 is 27.5 Å². The highest BCUT2D eigenvalue weighted by Gasteiger charge is 2.34. The number of hydrogen-bond donors (Lipinski definition) is 0. The predicted molar refractivity (Wildman–Crippen MR) is 142 cm³/mol. The fourth-order valence-corrected chi connectivity index (χ4v) is 6.49. The van der Waals surface area contributed by atoms with Crippen LogP contribution in [0.4, 0.5) is 5.69 Å². The van der Waals surface area contributed by atoms with Gasteiger partial charge in [-0.05, 0) is 67.3 Å². The van der Waals surface area contributed by atoms with Gasteiger partial charge in [0.15, 0.2) is 0 Å². The molecule has 0 N–H and O–H groups in total. The summed E-state index contributed by atoms with van der Waals surface area (Å²) >= 11 is 9.71. The molecule has 6 nitrogen and oxygen atoms in total. The van der Waals surface area contributed by atoms with Gasteiger partial charge in [-0.2, -0.15) is 4.31 Å². The Morgan fingerprint density at radius 1 is 1.14 bits per heavy atom. The van der Waals surface area contributed by atoms with Crippen molar-refractivity contribution < 1.29 is 17.9 Å². The SMILES string of the molecule is COc1ccc(S(=O)(=O)N(CCc2ccccc2)CC(=O)N2c3ccc(Br)cc3CC2C)cc1Cl. The van der Waals surface area contributed by atoms with Crippen LogP contribution in [0.2, 0.25) is 5.02 Å². The zero-order valence-corrected chi connectivity index (χ0v) is 22.6. The molecule has 0 radical (unpaired) electrons. The zero-order valence-electron chi connectivity index (χ0n) is 19.4. The molecule has 1 amide bonds. The first kappa shape index (κ1) is 25.7. The molecule has 0 bridgehead atoms. The molecule has 1 heterocycles. The van der Waals surface area contributed by atoms with Crippen molar-refractivity contribution in [2.75, 3.05) is 25.1 Å². The fourth-order valence-electron chi connectivity index (χ4n) is 4.35. The van der Waals surface area contributed by atoms with Crippen LogP contribution in [-0.2, 0) is 27.7 Å². The fraction of sp³-hybridized carbons (Fsp3) is 0.269. The van der Waals surface area contributed by atoms with Gasteiger partial charge in [-0.25, -0.2) is 8.42 Å². The number of carbonyl (C=O) groups is 1. The molecule has 184 valence electrons. The highest BCUT2D eigenvalue weighted by molar-refractivity contribution is 9.10. The van der Waals surface area contributed by atoms with Gasteiger partial charge in [0.2, 0.25) is 15.9 Å². The van der Waals surface area contributed by atoms with Crippen molar-refractivity contribution in [1.29, 1.82) is 0 Å². The minimum Gasteiger partial charge on any atom is -0.495 e. The lowest BCUT2D eigenvalue weighted by Gasteiger charge is -2.28. The lowest BCUT2D eigenvalue weighted by molar-refractivity contribution is -0.119. The number of halogens is 2. The summed E-state index contributed by atoms with van der Waals surface area (Å²) in [5, 5.41) is 0.190. The summed E-state index contributed by atoms with van der Waals surface area (Å²) in [6.45, 7) is 1.84. The van der Waals surface area contributed by atoms with Crippen LogP contribution in [0.15, 0.2) is 76.1 Å². The Bertz CT molecular complexity index is 1330. The van der Waals surface area contributed by atoms with E-state index in [1.165, 1.54) is 29.6 Å². The van der Waals surface area contributed by atoms with Gasteiger partial charge in [0.05, 0.1) is 23.6 Å². The van der Waals surface area contributed by atoms with Crippen LogP contribution in [0, 0.1) is 0 Å². The number of nitrogens with zero attached hydrogens (tertiary/aromatic N) is 2. The quantitative estimate of drug-likeness (QED) is 0.363. The summed E-state index contributed by atoms with van der Waals surface area (Å²) in [4.78, 5) is 15.3. The first-order valence-corrected chi connectivity index (χ1v) is 13.8. The molecular weight excluding hydrogens is 552 g/mol. The molecule has 0 aliphatic carbocycles. The van der Waals surface area contributed by atoms with Crippen molar-refractivity contribution in [3.05, 3.63) is 87.4 Å². The zero-order chi connectivity index (χ0) is 25.2. The van der Waals surface area contributed by atoms with Crippen LogP contribution in [-0.4, -0.2) is 44.9 Å². The third-order valence-electron chi connectivity index (χ3n) is 6.09. The van der Waals surface area contributed by atoms with Crippen molar-refractivity contribution in [2.45, 2.75) is 30.7 Å². The van der Waals surface area contributed by atoms with E-state index in [1.807, 2.05) is 55.5 Å². The number of methoxy groups -OCH3 is 1. The van der Waals surface area contributed by atoms with Gasteiger partial charge in [-0.1, -0.05) is 57.9 Å². The number of anilines is 1. The topological polar surface area (TPSA) is 66.9 Å². The van der Waals surface area contributed by atoms with E-state index in [9.17, 15) is 13.2 Å². The Kier molecular flexibility index (Phi) is 7.86. The third kappa shape index (κ3) is 5.56. The standard InChI is InChI=1S/C26H26BrClN2O4S/c1-18-14-20-15-21(27)8-10-24(20)30(18)26(31)17-29(13-12-19-6-4-3-5-7-19)35(32,33)22-9-11-25(34-2)23(28)16-22/h3-11,15-16,18H,12-14,17H2,1-2H3. The van der Waals surface area contributed by atoms with Gasteiger partial charge >= 0.3 is 0 Å². The van der Waals surface area contributed by atoms with E-state index in [4.69, 9.17) is 16.3 Å². The monoisotopic (exact) mass is 576 g/mol. The maximum Gasteiger partial charge on any atom is 0.243 e. The normalized spacial score (nSPS) is 15.3. The maximum atomic E-state index is 13.7. The lowest BCUT2D eigenvalue weighted by Crippen LogP contribution is -2.45. The Labute approximate surface area is 219 Å². The van der Waals surface area contributed by atoms with Crippen LogP contribution in [0.25, 0.3) is 0 Å². The first-order valence-electron chi connectivity index (χ1n) is 11.2. The number of carbonyl (C=O) groups excluding carboxylic acids is 1. The Morgan fingerprint density at radius 2 is 1.89 bits per heavy atom. The molecule has 3 aromatic rings. The molecule has 0 saturated heterocycles. The van der Waals surface area contributed by atoms with E-state index in [0.717, 1.165) is 21.3 Å². The summed E-state index contributed by atoms with van der Waals surface area (Å²) in [5.74, 6) is 0.112. The molecule has 1 unspecified atom stereocenters. The highest BCUT2D eigenvalue weighted by atomic mass is 79.9. The van der Waals surface area contributed by atoms with Crippen molar-refractivity contribution in [2.24, 2.45) is 0 Å². The molecule has 0 aromatic heterocycles. The number of rotatable bonds is 8. The second kappa shape index (κ2) is 10.7. The number of hydrogen-bond acceptors (Lipinski definition) is 4. The van der Waals surface area contributed by atoms with Crippen molar-refractivity contribution >= 4 is 49.1 Å². The van der Waals surface area contributed by atoms with E-state index < -0.39 is 10.0 Å². The number of amides is 1. The number of ether oxygens (including phenoxy) is 1. The van der Waals surface area contributed by atoms with Crippen molar-refractivity contribution in [1.82, 2.24) is 4.31 Å². The van der Waals surface area contributed by atoms with E-state index >= 15 is 0 Å². The number of benzene rings is 3. The van der Waals surface area contributed by atoms with E-state index in [0.29, 0.717) is 18.6 Å². The number of sulfonamides is 1. The molecule has 3 aromatic carbocycles. The summed E-state index contributed by atoms with van der Waals surface area (Å²) in [5.41, 5.74) is 2.86. The molecule has 1 aliphatic heterocycles. The van der Waals surface area contributed by atoms with Gasteiger partial charge in [0.25, 0.3) is 0 Å². The Balaban J connectivity index is 1.64. The summed E-state index contributed by atoms with van der Waals surface area (Å²) in [7, 11) is -2.54. The van der Waals surface area contributed by atoms with Gasteiger partial charge in [-0.15, -0.1) is 0 Å². The Morgan fingerprint density at radius 3 is 2.57 bits per heavy atom. The second-order valence-electron chi connectivity index (χ2n) is 8.46. The van der Waals surface area contributed by atoms with E-state index in [2.05, 4.69) is 15.9 Å². The smallest absolute Gasteiger partial charge is 0.243 e. The molecule has 0 saturated carbocycles. The first-order chi connectivity index (χ1) is 16.7. The van der Waals surface area contributed by atoms with Crippen molar-refractivity contribution in [3.8, 4) is 5.75 Å². The summed E-state index contributed by atoms with van der Waals surface area (Å²) < 4.78 is 34.7. The largest absolute Gasteiger partial charge is 0.495 e. The lowest BCUT2D eigenvalue weighted by atomic mass is 10.1. The number of fused-ring (bicyclic) bond motifs is 1. The van der Waals surface area contributed by atoms with Gasteiger partial charge in [0, 0.05) is 22.7 Å². The molecule has 0 spiro atoms. The second-order valence-corrected chi connectivity index (χ2v) is 11.7. The molecule has 0 fully saturated rings. The molecule has 9 heteroatoms. The average molecular weight is 578 g/mol. The van der Waals surface area contributed by atoms with Gasteiger partial charge in [-0.3, -0.25) is 4.79 Å². The predicted octanol–water partition coefficient (Wildman–Crippen LogP) is 5.32. The van der Waals surface area contributed by atoms with Crippen molar-refractivity contribution in [3.63, 3.8) is 0 Å².